The Balaban J connectivity index is 0.00000128. The number of halogens is 2. The van der Waals surface area contributed by atoms with Crippen LogP contribution in [0.2, 0.25) is 5.02 Å². The number of thioether (sulfide) groups is 1. The normalized spacial score (nSPS) is 9.56. The second-order valence-corrected chi connectivity index (χ2v) is 4.59. The zero-order chi connectivity index (χ0) is 10.5. The first-order chi connectivity index (χ1) is 7.34. The molecule has 16 heavy (non-hydrogen) atoms. The minimum atomic E-state index is 0. The minimum Gasteiger partial charge on any atom is -0.265 e. The third kappa shape index (κ3) is 4.05. The lowest BCUT2D eigenvalue weighted by molar-refractivity contribution is 1.26. The second-order valence-electron chi connectivity index (χ2n) is 3.10. The largest absolute Gasteiger partial charge is 0.265 e. The summed E-state index contributed by atoms with van der Waals surface area (Å²) in [6.45, 7) is 0. The Bertz CT molecular complexity index is 434. The van der Waals surface area contributed by atoms with Gasteiger partial charge in [0.05, 0.1) is 0 Å². The van der Waals surface area contributed by atoms with E-state index in [9.17, 15) is 0 Å². The minimum absolute atomic E-state index is 0. The Morgan fingerprint density at radius 1 is 1.12 bits per heavy atom. The van der Waals surface area contributed by atoms with Crippen LogP contribution >= 0.6 is 35.8 Å². The number of hydrogen-bond acceptors (Lipinski definition) is 2. The molecule has 0 radical (unpaired) electrons. The van der Waals surface area contributed by atoms with E-state index in [1.54, 1.807) is 24.2 Å². The number of benzene rings is 1. The van der Waals surface area contributed by atoms with Crippen molar-refractivity contribution in [2.45, 2.75) is 10.6 Å². The molecule has 1 nitrogen and oxygen atoms in total. The third-order valence-corrected chi connectivity index (χ3v) is 3.26. The van der Waals surface area contributed by atoms with E-state index in [1.165, 1.54) is 10.5 Å². The van der Waals surface area contributed by atoms with Gasteiger partial charge in [0, 0.05) is 28.1 Å². The molecule has 0 saturated carbocycles. The van der Waals surface area contributed by atoms with Crippen molar-refractivity contribution in [2.75, 3.05) is 0 Å². The Labute approximate surface area is 111 Å². The smallest absolute Gasteiger partial charge is 0.0409 e. The molecule has 0 spiro atoms. The molecule has 0 fully saturated rings. The monoisotopic (exact) mass is 271 g/mol. The molecule has 0 unspecified atom stereocenters. The summed E-state index contributed by atoms with van der Waals surface area (Å²) in [6, 6.07) is 12.0. The van der Waals surface area contributed by atoms with Crippen molar-refractivity contribution in [1.29, 1.82) is 0 Å². The predicted octanol–water partition coefficient (Wildman–Crippen LogP) is 4.45. The van der Waals surface area contributed by atoms with Gasteiger partial charge in [0.1, 0.15) is 0 Å². The maximum absolute atomic E-state index is 5.91. The number of hydrogen-bond donors (Lipinski definition) is 0. The molecule has 0 atom stereocenters. The maximum atomic E-state index is 5.91. The summed E-state index contributed by atoms with van der Waals surface area (Å²) < 4.78 is 0. The number of rotatable bonds is 3. The van der Waals surface area contributed by atoms with Crippen LogP contribution in [-0.4, -0.2) is 4.98 Å². The standard InChI is InChI=1S/C12H10ClNS.ClH/c13-11-3-1-2-10(8-11)9-15-12-4-6-14-7-5-12;/h1-8H,9H2;1H. The van der Waals surface area contributed by atoms with Gasteiger partial charge < -0.3 is 0 Å². The fourth-order valence-electron chi connectivity index (χ4n) is 1.23. The van der Waals surface area contributed by atoms with Crippen molar-refractivity contribution in [2.24, 2.45) is 0 Å². The topological polar surface area (TPSA) is 12.9 Å². The quantitative estimate of drug-likeness (QED) is 0.766. The fraction of sp³-hybridized carbons (Fsp3) is 0.0833. The molecular weight excluding hydrogens is 261 g/mol. The van der Waals surface area contributed by atoms with Gasteiger partial charge in [-0.2, -0.15) is 0 Å². The predicted molar refractivity (Wildman–Crippen MR) is 72.5 cm³/mol. The molecule has 0 N–H and O–H groups in total. The van der Waals surface area contributed by atoms with Crippen LogP contribution in [-0.2, 0) is 5.75 Å². The van der Waals surface area contributed by atoms with Crippen LogP contribution in [0.4, 0.5) is 0 Å². The van der Waals surface area contributed by atoms with E-state index in [1.807, 2.05) is 30.3 Å². The average Bonchev–Trinajstić information content (AvgIpc) is 2.28. The average molecular weight is 272 g/mol. The van der Waals surface area contributed by atoms with E-state index in [4.69, 9.17) is 11.6 Å². The van der Waals surface area contributed by atoms with Crippen molar-refractivity contribution in [3.8, 4) is 0 Å². The summed E-state index contributed by atoms with van der Waals surface area (Å²) in [5.41, 5.74) is 1.24. The van der Waals surface area contributed by atoms with Crippen LogP contribution < -0.4 is 0 Å². The molecular formula is C12H11Cl2NS. The summed E-state index contributed by atoms with van der Waals surface area (Å²) in [4.78, 5) is 5.21. The van der Waals surface area contributed by atoms with Crippen molar-refractivity contribution in [3.63, 3.8) is 0 Å². The van der Waals surface area contributed by atoms with E-state index in [-0.39, 0.29) is 12.4 Å². The van der Waals surface area contributed by atoms with Crippen molar-refractivity contribution in [1.82, 2.24) is 4.98 Å². The summed E-state index contributed by atoms with van der Waals surface area (Å²) in [5, 5.41) is 0.794. The summed E-state index contributed by atoms with van der Waals surface area (Å²) >= 11 is 7.69. The zero-order valence-corrected chi connectivity index (χ0v) is 10.9. The highest BCUT2D eigenvalue weighted by Gasteiger charge is 1.96. The van der Waals surface area contributed by atoms with Crippen LogP contribution in [0, 0.1) is 0 Å². The van der Waals surface area contributed by atoms with Crippen LogP contribution in [0.1, 0.15) is 5.56 Å². The molecule has 1 heterocycles. The van der Waals surface area contributed by atoms with Gasteiger partial charge in [-0.3, -0.25) is 4.98 Å². The lowest BCUT2D eigenvalue weighted by Gasteiger charge is -2.01. The van der Waals surface area contributed by atoms with Gasteiger partial charge in [0.25, 0.3) is 0 Å². The Hall–Kier alpha value is -0.700. The highest BCUT2D eigenvalue weighted by atomic mass is 35.5. The van der Waals surface area contributed by atoms with Crippen LogP contribution in [0.3, 0.4) is 0 Å². The summed E-state index contributed by atoms with van der Waals surface area (Å²) in [7, 11) is 0. The number of nitrogens with zero attached hydrogens (tertiary/aromatic N) is 1. The molecule has 2 rings (SSSR count). The molecule has 0 aliphatic carbocycles. The van der Waals surface area contributed by atoms with Crippen molar-refractivity contribution >= 4 is 35.8 Å². The number of aromatic nitrogens is 1. The molecule has 0 aliphatic heterocycles. The molecule has 0 aliphatic rings. The van der Waals surface area contributed by atoms with Crippen molar-refractivity contribution in [3.05, 3.63) is 59.4 Å². The zero-order valence-electron chi connectivity index (χ0n) is 8.47. The molecule has 0 bridgehead atoms. The maximum Gasteiger partial charge on any atom is 0.0409 e. The molecule has 1 aromatic heterocycles. The molecule has 0 saturated heterocycles. The van der Waals surface area contributed by atoms with Gasteiger partial charge in [0.15, 0.2) is 0 Å². The SMILES string of the molecule is Cl.Clc1cccc(CSc2ccncc2)c1. The van der Waals surface area contributed by atoms with Gasteiger partial charge in [0.2, 0.25) is 0 Å². The molecule has 4 heteroatoms. The van der Waals surface area contributed by atoms with E-state index in [2.05, 4.69) is 11.1 Å². The Kier molecular flexibility index (Phi) is 5.67. The Morgan fingerprint density at radius 3 is 2.56 bits per heavy atom. The van der Waals surface area contributed by atoms with Crippen LogP contribution in [0.15, 0.2) is 53.7 Å². The first-order valence-corrected chi connectivity index (χ1v) is 5.98. The summed E-state index contributed by atoms with van der Waals surface area (Å²) in [6.07, 6.45) is 3.61. The Morgan fingerprint density at radius 2 is 1.88 bits per heavy atom. The highest BCUT2D eigenvalue weighted by molar-refractivity contribution is 7.98. The van der Waals surface area contributed by atoms with E-state index < -0.39 is 0 Å². The first-order valence-electron chi connectivity index (χ1n) is 4.62. The molecule has 1 aromatic carbocycles. The van der Waals surface area contributed by atoms with E-state index in [0.29, 0.717) is 0 Å². The third-order valence-electron chi connectivity index (χ3n) is 1.94. The van der Waals surface area contributed by atoms with Gasteiger partial charge in [-0.25, -0.2) is 0 Å². The van der Waals surface area contributed by atoms with Gasteiger partial charge in [-0.05, 0) is 29.8 Å². The van der Waals surface area contributed by atoms with Crippen LogP contribution in [0.5, 0.6) is 0 Å². The lowest BCUT2D eigenvalue weighted by Crippen LogP contribution is -1.80. The van der Waals surface area contributed by atoms with Crippen LogP contribution in [0.25, 0.3) is 0 Å². The fourth-order valence-corrected chi connectivity index (χ4v) is 2.27. The first kappa shape index (κ1) is 13.4. The summed E-state index contributed by atoms with van der Waals surface area (Å²) in [5.74, 6) is 0.935. The molecule has 84 valence electrons. The van der Waals surface area contributed by atoms with Crippen molar-refractivity contribution < 1.29 is 0 Å². The number of pyridine rings is 1. The lowest BCUT2D eigenvalue weighted by atomic mass is 10.2. The molecule has 2 aromatic rings. The van der Waals surface area contributed by atoms with Gasteiger partial charge in [-0.15, -0.1) is 24.2 Å². The van der Waals surface area contributed by atoms with Gasteiger partial charge in [-0.1, -0.05) is 23.7 Å². The van der Waals surface area contributed by atoms with E-state index in [0.717, 1.165) is 10.8 Å². The van der Waals surface area contributed by atoms with E-state index >= 15 is 0 Å². The second kappa shape index (κ2) is 6.79. The highest BCUT2D eigenvalue weighted by Crippen LogP contribution is 2.23. The van der Waals surface area contributed by atoms with Gasteiger partial charge >= 0.3 is 0 Å². The molecule has 0 amide bonds.